The lowest BCUT2D eigenvalue weighted by Gasteiger charge is -2.30. The number of sulfone groups is 1. The highest BCUT2D eigenvalue weighted by Crippen LogP contribution is 2.43. The van der Waals surface area contributed by atoms with Crippen molar-refractivity contribution >= 4 is 31.2 Å². The van der Waals surface area contributed by atoms with Gasteiger partial charge in [0, 0.05) is 11.6 Å². The van der Waals surface area contributed by atoms with Crippen LogP contribution in [0.5, 0.6) is 0 Å². The van der Waals surface area contributed by atoms with Crippen LogP contribution in [0.15, 0.2) is 14.5 Å². The molecule has 0 saturated heterocycles. The number of sulfonamides is 1. The molecule has 0 bridgehead atoms. The van der Waals surface area contributed by atoms with Gasteiger partial charge in [-0.25, -0.2) is 22.0 Å². The number of fused-ring (bicyclic) bond motifs is 1. The lowest BCUT2D eigenvalue weighted by Crippen LogP contribution is -2.36. The minimum Gasteiger partial charge on any atom is -0.310 e. The third-order valence-corrected chi connectivity index (χ3v) is 9.68. The Morgan fingerprint density at radius 3 is 2.67 bits per heavy atom. The Balaban J connectivity index is 2.33. The maximum atomic E-state index is 12.9. The van der Waals surface area contributed by atoms with Crippen LogP contribution < -0.4 is 10.5 Å². The summed E-state index contributed by atoms with van der Waals surface area (Å²) in [6.07, 6.45) is 1.11. The van der Waals surface area contributed by atoms with Crippen LogP contribution >= 0.6 is 11.3 Å². The van der Waals surface area contributed by atoms with E-state index in [4.69, 9.17) is 15.6 Å². The van der Waals surface area contributed by atoms with Gasteiger partial charge >= 0.3 is 0 Å². The lowest BCUT2D eigenvalue weighted by atomic mass is 10.0. The first-order chi connectivity index (χ1) is 12.4. The molecule has 0 unspecified atom stereocenters. The summed E-state index contributed by atoms with van der Waals surface area (Å²) in [5.41, 5.74) is 0.413. The average molecular weight is 444 g/mol. The molecule has 0 aliphatic carbocycles. The van der Waals surface area contributed by atoms with E-state index in [-0.39, 0.29) is 33.9 Å². The molecule has 2 rings (SSSR count). The number of nitrogens with one attached hydrogen (secondary N) is 1. The second-order valence-electron chi connectivity index (χ2n) is 6.82. The molecular formula is C14H25N3O7S3. The molecule has 1 aromatic rings. The van der Waals surface area contributed by atoms with Crippen molar-refractivity contribution in [1.82, 2.24) is 10.7 Å². The Labute approximate surface area is 162 Å². The lowest BCUT2D eigenvalue weighted by molar-refractivity contribution is -0.492. The summed E-state index contributed by atoms with van der Waals surface area (Å²) in [7, 11) is -7.82. The maximum absolute atomic E-state index is 12.9. The van der Waals surface area contributed by atoms with E-state index in [1.807, 2.05) is 0 Å². The van der Waals surface area contributed by atoms with E-state index >= 15 is 0 Å². The fourth-order valence-corrected chi connectivity index (χ4v) is 7.60. The smallest absolute Gasteiger partial charge is 0.247 e. The summed E-state index contributed by atoms with van der Waals surface area (Å²) >= 11 is 0.645. The largest absolute Gasteiger partial charge is 0.310 e. The van der Waals surface area contributed by atoms with Crippen LogP contribution in [-0.4, -0.2) is 51.0 Å². The minimum absolute atomic E-state index is 0.0182. The Hall–Kier alpha value is -0.640. The number of nitrogens with two attached hydrogens (primary N) is 1. The quantitative estimate of drug-likeness (QED) is 0.409. The highest BCUT2D eigenvalue weighted by atomic mass is 32.3. The Kier molecular flexibility index (Phi) is 7.38. The van der Waals surface area contributed by atoms with E-state index < -0.39 is 30.5 Å². The van der Waals surface area contributed by atoms with E-state index in [1.165, 1.54) is 6.07 Å². The van der Waals surface area contributed by atoms with Crippen molar-refractivity contribution in [2.75, 3.05) is 13.2 Å². The van der Waals surface area contributed by atoms with Gasteiger partial charge in [0.15, 0.2) is 9.84 Å². The molecule has 0 fully saturated rings. The van der Waals surface area contributed by atoms with Crippen molar-refractivity contribution in [3.8, 4) is 0 Å². The third-order valence-electron chi connectivity index (χ3n) is 4.31. The van der Waals surface area contributed by atoms with Crippen LogP contribution in [0.1, 0.15) is 44.7 Å². The first-order valence-corrected chi connectivity index (χ1v) is 12.3. The number of thiophene rings is 1. The normalized spacial score (nSPS) is 22.3. The summed E-state index contributed by atoms with van der Waals surface area (Å²) in [4.78, 5) is 4.48. The van der Waals surface area contributed by atoms with Gasteiger partial charge in [-0.2, -0.15) is 0 Å². The van der Waals surface area contributed by atoms with E-state index in [9.17, 15) is 16.8 Å². The van der Waals surface area contributed by atoms with Crippen molar-refractivity contribution < 1.29 is 32.1 Å². The molecule has 10 nitrogen and oxygen atoms in total. The molecule has 0 radical (unpaired) electrons. The van der Waals surface area contributed by atoms with Crippen molar-refractivity contribution in [1.29, 1.82) is 0 Å². The maximum Gasteiger partial charge on any atom is 0.247 e. The molecule has 1 aliphatic heterocycles. The first-order valence-electron chi connectivity index (χ1n) is 8.37. The van der Waals surface area contributed by atoms with Crippen LogP contribution in [0.2, 0.25) is 0 Å². The predicted molar refractivity (Wildman–Crippen MR) is 97.5 cm³/mol. The third kappa shape index (κ3) is 5.68. The number of hydrogen-bond acceptors (Lipinski definition) is 10. The molecule has 27 heavy (non-hydrogen) atoms. The number of hydrogen-bond donors (Lipinski definition) is 4. The van der Waals surface area contributed by atoms with Crippen LogP contribution in [0.3, 0.4) is 0 Å². The molecule has 0 spiro atoms. The van der Waals surface area contributed by atoms with Crippen molar-refractivity contribution in [3.05, 3.63) is 11.6 Å². The molecule has 156 valence electrons. The summed E-state index contributed by atoms with van der Waals surface area (Å²) in [6.45, 7) is 4.56. The summed E-state index contributed by atoms with van der Waals surface area (Å²) in [5, 5.41) is 24.4. The summed E-state index contributed by atoms with van der Waals surface area (Å²) in [6, 6.07) is 0.980. The van der Waals surface area contributed by atoms with E-state index in [0.717, 1.165) is 6.42 Å². The minimum atomic E-state index is -4.02. The van der Waals surface area contributed by atoms with Gasteiger partial charge in [-0.05, 0) is 37.8 Å². The number of rotatable bonds is 9. The topological polar surface area (TPSA) is 159 Å². The fraction of sp³-hybridized carbons (Fsp3) is 0.714. The first kappa shape index (κ1) is 22.6. The second kappa shape index (κ2) is 8.80. The molecule has 0 amide bonds. The molecule has 0 aromatic carbocycles. The molecule has 1 aliphatic rings. The van der Waals surface area contributed by atoms with E-state index in [0.29, 0.717) is 29.4 Å². The van der Waals surface area contributed by atoms with Gasteiger partial charge < -0.3 is 5.32 Å². The molecule has 1 aromatic heterocycles. The molecule has 13 heteroatoms. The SMILES string of the molecule is CC(C)CCN[C@H]1C[C@H](CCON(O)O)S(=O)(=O)c2sc(S(N)(=O)=O)cc21. The number of nitrogens with zero attached hydrogens (tertiary/aromatic N) is 1. The highest BCUT2D eigenvalue weighted by Gasteiger charge is 2.41. The van der Waals surface area contributed by atoms with Gasteiger partial charge in [-0.3, -0.25) is 15.3 Å². The molecule has 5 N–H and O–H groups in total. The molecule has 0 saturated carbocycles. The molecule has 2 atom stereocenters. The monoisotopic (exact) mass is 443 g/mol. The second-order valence-corrected chi connectivity index (χ2v) is 12.1. The van der Waals surface area contributed by atoms with Gasteiger partial charge in [-0.15, -0.1) is 11.3 Å². The van der Waals surface area contributed by atoms with Crippen molar-refractivity contribution in [3.63, 3.8) is 0 Å². The standard InChI is InChI=1S/C14H25N3O7S3/c1-9(2)3-5-16-12-7-10(4-6-24-17(18)19)26(20,21)14-11(12)8-13(25-14)27(15,22)23/h8-10,12,16,18-19H,3-7H2,1-2H3,(H2,15,22,23)/t10-,12-/m0/s1. The highest BCUT2D eigenvalue weighted by molar-refractivity contribution is 7.95. The number of primary sulfonamides is 1. The Morgan fingerprint density at radius 1 is 1.44 bits per heavy atom. The van der Waals surface area contributed by atoms with E-state index in [1.54, 1.807) is 0 Å². The Bertz CT molecular complexity index is 849. The van der Waals surface area contributed by atoms with Gasteiger partial charge in [0.1, 0.15) is 8.42 Å². The zero-order chi connectivity index (χ0) is 20.4. The van der Waals surface area contributed by atoms with Gasteiger partial charge in [0.05, 0.1) is 17.2 Å². The van der Waals surface area contributed by atoms with Crippen LogP contribution in [-0.2, 0) is 24.7 Å². The zero-order valence-corrected chi connectivity index (χ0v) is 17.5. The van der Waals surface area contributed by atoms with E-state index in [2.05, 4.69) is 24.0 Å². The Morgan fingerprint density at radius 2 is 2.11 bits per heavy atom. The van der Waals surface area contributed by atoms with Crippen LogP contribution in [0.25, 0.3) is 0 Å². The average Bonchev–Trinajstić information content (AvgIpc) is 2.97. The summed E-state index contributed by atoms with van der Waals surface area (Å²) < 4.78 is 49.0. The van der Waals surface area contributed by atoms with Crippen LogP contribution in [0.4, 0.5) is 0 Å². The molecular weight excluding hydrogens is 418 g/mol. The predicted octanol–water partition coefficient (Wildman–Crippen LogP) is 1.02. The van der Waals surface area contributed by atoms with Gasteiger partial charge in [0.2, 0.25) is 10.0 Å². The van der Waals surface area contributed by atoms with Gasteiger partial charge in [0.25, 0.3) is 0 Å². The molecule has 2 heterocycles. The zero-order valence-electron chi connectivity index (χ0n) is 15.0. The fourth-order valence-electron chi connectivity index (χ4n) is 2.92. The van der Waals surface area contributed by atoms with Crippen molar-refractivity contribution in [2.24, 2.45) is 11.1 Å². The van der Waals surface area contributed by atoms with Gasteiger partial charge in [-0.1, -0.05) is 13.8 Å². The van der Waals surface area contributed by atoms with Crippen molar-refractivity contribution in [2.45, 2.75) is 52.8 Å². The summed E-state index contributed by atoms with van der Waals surface area (Å²) in [5.74, 6) is 0.455. The van der Waals surface area contributed by atoms with Crippen LogP contribution in [0, 0.1) is 5.92 Å².